The molecule has 0 amide bonds. The van der Waals surface area contributed by atoms with E-state index in [1.165, 1.54) is 48.5 Å². The Labute approximate surface area is 155 Å². The minimum absolute atomic E-state index is 1.33. The zero-order valence-corrected chi connectivity index (χ0v) is 19.1. The van der Waals surface area contributed by atoms with Gasteiger partial charge >= 0.3 is 156 Å². The van der Waals surface area contributed by atoms with Gasteiger partial charge in [-0.2, -0.15) is 0 Å². The molecule has 0 unspecified atom stereocenters. The monoisotopic (exact) mass is 434 g/mol. The summed E-state index contributed by atoms with van der Waals surface area (Å²) in [5, 5.41) is 0. The summed E-state index contributed by atoms with van der Waals surface area (Å²) in [6, 6.07) is 0. The molecule has 0 N–H and O–H groups in total. The quantitative estimate of drug-likeness (QED) is 0.274. The first-order valence-corrected chi connectivity index (χ1v) is 18.2. The van der Waals surface area contributed by atoms with Gasteiger partial charge in [0, 0.05) is 0 Å². The second-order valence-electron chi connectivity index (χ2n) is 7.21. The van der Waals surface area contributed by atoms with Crippen molar-refractivity contribution in [2.45, 2.75) is 77.0 Å². The third kappa shape index (κ3) is 9.10. The normalized spacial score (nSPS) is 21.0. The zero-order valence-electron chi connectivity index (χ0n) is 16.3. The van der Waals surface area contributed by atoms with Crippen LogP contribution < -0.4 is 0 Å². The molecule has 0 aromatic carbocycles. The topological polar surface area (TPSA) is 0 Å². The number of hydrogen-bond acceptors (Lipinski definition) is 0. The third-order valence-electron chi connectivity index (χ3n) is 5.06. The number of hydrogen-bond donors (Lipinski definition) is 0. The maximum atomic E-state index is 2.53. The van der Waals surface area contributed by atoms with Crippen LogP contribution >= 0.6 is 0 Å². The van der Waals surface area contributed by atoms with Gasteiger partial charge in [-0.1, -0.05) is 0 Å². The van der Waals surface area contributed by atoms with Crippen LogP contribution in [0.15, 0.2) is 60.3 Å². The molecule has 1 aliphatic rings. The minimum atomic E-state index is -1.99. The van der Waals surface area contributed by atoms with E-state index in [0.717, 1.165) is 0 Å². The van der Waals surface area contributed by atoms with Gasteiger partial charge in [0.2, 0.25) is 0 Å². The summed E-state index contributed by atoms with van der Waals surface area (Å²) >= 11 is -1.99. The van der Waals surface area contributed by atoms with E-state index in [9.17, 15) is 0 Å². The molecule has 0 saturated heterocycles. The van der Waals surface area contributed by atoms with Crippen LogP contribution in [-0.4, -0.2) is 18.4 Å². The Hall–Kier alpha value is -0.501. The van der Waals surface area contributed by atoms with Gasteiger partial charge < -0.3 is 0 Å². The molecule has 0 fully saturated rings. The Morgan fingerprint density at radius 2 is 1.29 bits per heavy atom. The van der Waals surface area contributed by atoms with E-state index in [2.05, 4.69) is 75.5 Å². The molecular weight excluding hydrogens is 395 g/mol. The van der Waals surface area contributed by atoms with Crippen LogP contribution in [0.4, 0.5) is 0 Å². The SMILES string of the molecule is CCC[CH2][Sn]([CH2]/C=C/C1=C/C=C\C=C/C=C\1)([CH2]CCC)[CH2]CCC. The molecule has 0 bridgehead atoms. The Balaban J connectivity index is 2.78. The third-order valence-corrected chi connectivity index (χ3v) is 20.3. The van der Waals surface area contributed by atoms with Crippen molar-refractivity contribution in [1.82, 2.24) is 0 Å². The zero-order chi connectivity index (χ0) is 17.5. The average Bonchev–Trinajstić information content (AvgIpc) is 2.57. The van der Waals surface area contributed by atoms with Crippen molar-refractivity contribution in [3.8, 4) is 0 Å². The van der Waals surface area contributed by atoms with Crippen molar-refractivity contribution in [1.29, 1.82) is 0 Å². The average molecular weight is 433 g/mol. The molecule has 1 rings (SSSR count). The molecule has 0 atom stereocenters. The number of rotatable bonds is 12. The molecule has 0 heterocycles. The maximum absolute atomic E-state index is 2.53. The van der Waals surface area contributed by atoms with Crippen LogP contribution in [0.5, 0.6) is 0 Å². The Bertz CT molecular complexity index is 441. The fourth-order valence-electron chi connectivity index (χ4n) is 3.47. The van der Waals surface area contributed by atoms with Crippen molar-refractivity contribution in [2.75, 3.05) is 0 Å². The molecule has 0 nitrogen and oxygen atoms in total. The van der Waals surface area contributed by atoms with Crippen molar-refractivity contribution >= 4 is 18.4 Å². The second kappa shape index (κ2) is 13.8. The summed E-state index contributed by atoms with van der Waals surface area (Å²) < 4.78 is 6.26. The van der Waals surface area contributed by atoms with Crippen molar-refractivity contribution in [2.24, 2.45) is 0 Å². The Kier molecular flexibility index (Phi) is 12.3. The van der Waals surface area contributed by atoms with Crippen molar-refractivity contribution in [3.63, 3.8) is 0 Å². The molecule has 0 spiro atoms. The Morgan fingerprint density at radius 1 is 0.750 bits per heavy atom. The van der Waals surface area contributed by atoms with E-state index in [0.29, 0.717) is 0 Å². The molecule has 1 aliphatic carbocycles. The van der Waals surface area contributed by atoms with Crippen LogP contribution in [0.3, 0.4) is 0 Å². The fraction of sp³-hybridized carbons (Fsp3) is 0.565. The fourth-order valence-corrected chi connectivity index (χ4v) is 18.6. The van der Waals surface area contributed by atoms with E-state index in [-0.39, 0.29) is 0 Å². The summed E-state index contributed by atoms with van der Waals surface area (Å²) in [4.78, 5) is 0. The number of unbranched alkanes of at least 4 members (excludes halogenated alkanes) is 3. The van der Waals surface area contributed by atoms with E-state index in [4.69, 9.17) is 0 Å². The van der Waals surface area contributed by atoms with Gasteiger partial charge in [0.25, 0.3) is 0 Å². The van der Waals surface area contributed by atoms with Crippen molar-refractivity contribution < 1.29 is 0 Å². The Morgan fingerprint density at radius 3 is 1.88 bits per heavy atom. The molecule has 0 aromatic heterocycles. The van der Waals surface area contributed by atoms with Gasteiger partial charge in [-0.3, -0.25) is 0 Å². The summed E-state index contributed by atoms with van der Waals surface area (Å²) in [6.07, 6.45) is 28.4. The molecule has 0 aliphatic heterocycles. The van der Waals surface area contributed by atoms with Crippen LogP contribution in [0.1, 0.15) is 59.3 Å². The van der Waals surface area contributed by atoms with E-state index >= 15 is 0 Å². The first-order chi connectivity index (χ1) is 11.8. The summed E-state index contributed by atoms with van der Waals surface area (Å²) in [7, 11) is 0. The molecule has 134 valence electrons. The van der Waals surface area contributed by atoms with Gasteiger partial charge in [0.05, 0.1) is 0 Å². The van der Waals surface area contributed by atoms with Gasteiger partial charge in [-0.05, 0) is 0 Å². The van der Waals surface area contributed by atoms with Crippen LogP contribution in [-0.2, 0) is 0 Å². The van der Waals surface area contributed by atoms with E-state index in [1.54, 1.807) is 13.3 Å². The molecular formula is C23H38Sn. The summed E-state index contributed by atoms with van der Waals surface area (Å²) in [6.45, 7) is 7.07. The number of allylic oxidation sites excluding steroid dienone is 10. The van der Waals surface area contributed by atoms with Crippen LogP contribution in [0.2, 0.25) is 17.7 Å². The molecule has 0 aromatic rings. The van der Waals surface area contributed by atoms with E-state index < -0.39 is 18.4 Å². The van der Waals surface area contributed by atoms with Crippen LogP contribution in [0.25, 0.3) is 0 Å². The van der Waals surface area contributed by atoms with E-state index in [1.807, 2.05) is 0 Å². The van der Waals surface area contributed by atoms with Gasteiger partial charge in [-0.25, -0.2) is 0 Å². The molecule has 0 saturated carbocycles. The van der Waals surface area contributed by atoms with Crippen LogP contribution in [0, 0.1) is 0 Å². The standard InChI is InChI=1S/C11H11.3C4H9.Sn/c1-2-8-11-9-6-4-3-5-7-10-11;3*1-3-4-2;/h2-10H,1H2;3*1,3-4H2,2H3;/b4-3-,5-3?,6-4?,7-5-,8-2+,9-6-,10-7?,11-9?,11-10-;;;;. The van der Waals surface area contributed by atoms with Gasteiger partial charge in [-0.15, -0.1) is 0 Å². The van der Waals surface area contributed by atoms with Gasteiger partial charge in [0.15, 0.2) is 0 Å². The first-order valence-electron chi connectivity index (χ1n) is 10.1. The predicted octanol–water partition coefficient (Wildman–Crippen LogP) is 8.00. The molecule has 0 radical (unpaired) electrons. The predicted molar refractivity (Wildman–Crippen MR) is 114 cm³/mol. The van der Waals surface area contributed by atoms with Gasteiger partial charge in [0.1, 0.15) is 0 Å². The summed E-state index contributed by atoms with van der Waals surface area (Å²) in [5.41, 5.74) is 1.33. The molecule has 24 heavy (non-hydrogen) atoms. The second-order valence-corrected chi connectivity index (χ2v) is 21.2. The first kappa shape index (κ1) is 21.5. The molecule has 1 heteroatoms. The van der Waals surface area contributed by atoms with Crippen molar-refractivity contribution in [3.05, 3.63) is 60.3 Å². The summed E-state index contributed by atoms with van der Waals surface area (Å²) in [5.74, 6) is 0.